The van der Waals surface area contributed by atoms with Crippen molar-refractivity contribution >= 4 is 52.8 Å². The largest absolute Gasteiger partial charge is 1.00 e. The number of rotatable bonds is 8. The van der Waals surface area contributed by atoms with E-state index in [1.54, 1.807) is 12.1 Å². The number of ether oxygens (including phenoxy) is 1. The summed E-state index contributed by atoms with van der Waals surface area (Å²) in [7, 11) is 0. The molecule has 0 spiro atoms. The molecule has 13 heteroatoms. The van der Waals surface area contributed by atoms with Gasteiger partial charge in [-0.25, -0.2) is 0 Å². The van der Waals surface area contributed by atoms with E-state index in [0.717, 1.165) is 16.7 Å². The third-order valence-corrected chi connectivity index (χ3v) is 6.19. The van der Waals surface area contributed by atoms with Crippen LogP contribution >= 0.6 is 24.0 Å². The van der Waals surface area contributed by atoms with E-state index in [2.05, 4.69) is 5.32 Å². The van der Waals surface area contributed by atoms with Crippen LogP contribution in [-0.4, -0.2) is 62.1 Å². The molecule has 0 aromatic carbocycles. The number of aliphatic carboxylic acids is 1. The Bertz CT molecular complexity index is 948. The Morgan fingerprint density at radius 2 is 2.19 bits per heavy atom. The van der Waals surface area contributed by atoms with Gasteiger partial charge in [-0.1, -0.05) is 0 Å². The van der Waals surface area contributed by atoms with Gasteiger partial charge in [-0.2, -0.15) is 0 Å². The van der Waals surface area contributed by atoms with Crippen molar-refractivity contribution < 1.29 is 68.1 Å². The van der Waals surface area contributed by atoms with Gasteiger partial charge in [0.1, 0.15) is 17.7 Å². The summed E-state index contributed by atoms with van der Waals surface area (Å²) >= 11 is 5.89. The molecule has 2 atom stereocenters. The average molecular weight is 476 g/mol. The molecule has 3 heterocycles. The van der Waals surface area contributed by atoms with Gasteiger partial charge < -0.3 is 29.5 Å². The molecule has 1 saturated heterocycles. The molecular formula is C18H17N2NaO8S2. The summed E-state index contributed by atoms with van der Waals surface area (Å²) in [6.07, 6.45) is 0.882. The van der Waals surface area contributed by atoms with Crippen LogP contribution in [0.2, 0.25) is 0 Å². The van der Waals surface area contributed by atoms with Gasteiger partial charge in [0.25, 0.3) is 5.91 Å². The second kappa shape index (κ2) is 10.2. The molecule has 2 amide bonds. The maximum atomic E-state index is 13.1. The Morgan fingerprint density at radius 3 is 2.74 bits per heavy atom. The zero-order valence-electron chi connectivity index (χ0n) is 16.7. The molecule has 0 aliphatic carbocycles. The fourth-order valence-electron chi connectivity index (χ4n) is 3.40. The number of carbonyl (C=O) groups excluding carboxylic acids is 4. The van der Waals surface area contributed by atoms with Crippen molar-refractivity contribution in [2.45, 2.75) is 30.7 Å². The minimum absolute atomic E-state index is 0. The number of carboxylic acid groups (broad SMARTS) is 1. The zero-order valence-corrected chi connectivity index (χ0v) is 20.3. The fourth-order valence-corrected chi connectivity index (χ4v) is 5.09. The van der Waals surface area contributed by atoms with Crippen LogP contribution in [0.25, 0.3) is 0 Å². The summed E-state index contributed by atoms with van der Waals surface area (Å²) in [5.41, 5.74) is -1.83. The van der Waals surface area contributed by atoms with Gasteiger partial charge in [-0.15, -0.1) is 11.8 Å². The van der Waals surface area contributed by atoms with Crippen molar-refractivity contribution in [2.24, 2.45) is 0 Å². The molecule has 2 aliphatic rings. The van der Waals surface area contributed by atoms with E-state index in [1.807, 2.05) is 0 Å². The van der Waals surface area contributed by atoms with E-state index in [9.17, 15) is 29.4 Å². The first-order valence-corrected chi connectivity index (χ1v) is 10.2. The van der Waals surface area contributed by atoms with Crippen molar-refractivity contribution in [1.82, 2.24) is 10.2 Å². The molecule has 0 bridgehead atoms. The molecule has 1 aromatic heterocycles. The number of amides is 2. The van der Waals surface area contributed by atoms with Crippen LogP contribution in [-0.2, 0) is 30.3 Å². The van der Waals surface area contributed by atoms with Crippen molar-refractivity contribution in [3.05, 3.63) is 35.4 Å². The van der Waals surface area contributed by atoms with E-state index in [4.69, 9.17) is 21.4 Å². The first kappa shape index (κ1) is 25.4. The van der Waals surface area contributed by atoms with Gasteiger partial charge in [-0.05, 0) is 24.4 Å². The van der Waals surface area contributed by atoms with Gasteiger partial charge in [0.05, 0.1) is 30.8 Å². The average Bonchev–Trinajstić information content (AvgIpc) is 3.16. The van der Waals surface area contributed by atoms with Gasteiger partial charge in [0.15, 0.2) is 10.6 Å². The van der Waals surface area contributed by atoms with Crippen LogP contribution in [0.15, 0.2) is 34.1 Å². The normalized spacial score (nSPS) is 22.0. The minimum Gasteiger partial charge on any atom is -0.543 e. The number of nitrogens with zero attached hydrogens (tertiary/aromatic N) is 1. The SMILES string of the molecule is CC(=O)OCC1=C(C(=O)[O-])N2C(=O)[C@](CC(O)=S)(NC(=O)Cc3ccco3)[C@H]2SC1.[Na+]. The number of hydrogen-bond donors (Lipinski definition) is 2. The molecule has 1 aromatic rings. The first-order chi connectivity index (χ1) is 14.2. The molecule has 2 N–H and O–H groups in total. The van der Waals surface area contributed by atoms with Crippen LogP contribution in [0.1, 0.15) is 19.1 Å². The maximum absolute atomic E-state index is 13.1. The Kier molecular flexibility index (Phi) is 8.34. The van der Waals surface area contributed by atoms with Crippen LogP contribution in [0.4, 0.5) is 0 Å². The predicted molar refractivity (Wildman–Crippen MR) is 105 cm³/mol. The van der Waals surface area contributed by atoms with Gasteiger partial charge >= 0.3 is 35.5 Å². The molecule has 0 saturated carbocycles. The number of thiocarbonyl (C=S) groups is 1. The Balaban J connectivity index is 0.00000341. The molecule has 3 rings (SSSR count). The second-order valence-electron chi connectivity index (χ2n) is 6.70. The number of fused-ring (bicyclic) bond motifs is 1. The van der Waals surface area contributed by atoms with E-state index in [-0.39, 0.29) is 60.3 Å². The zero-order chi connectivity index (χ0) is 22.1. The summed E-state index contributed by atoms with van der Waals surface area (Å²) < 4.78 is 9.99. The number of aliphatic hydroxyl groups excluding tert-OH is 1. The summed E-state index contributed by atoms with van der Waals surface area (Å²) in [4.78, 5) is 49.3. The number of carboxylic acids is 1. The number of aliphatic hydroxyl groups is 1. The second-order valence-corrected chi connectivity index (χ2v) is 8.24. The van der Waals surface area contributed by atoms with E-state index in [1.165, 1.54) is 13.2 Å². The maximum Gasteiger partial charge on any atom is 1.00 e. The molecule has 0 unspecified atom stereocenters. The van der Waals surface area contributed by atoms with Crippen molar-refractivity contribution in [2.75, 3.05) is 12.4 Å². The number of hydrogen-bond acceptors (Lipinski definition) is 9. The topological polar surface area (TPSA) is 149 Å². The predicted octanol–water partition coefficient (Wildman–Crippen LogP) is -3.56. The quantitative estimate of drug-likeness (QED) is 0.167. The number of thioether (sulfide) groups is 1. The van der Waals surface area contributed by atoms with E-state index in [0.29, 0.717) is 5.76 Å². The molecule has 1 fully saturated rings. The molecule has 2 aliphatic heterocycles. The van der Waals surface area contributed by atoms with Gasteiger partial charge in [0.2, 0.25) is 5.91 Å². The van der Waals surface area contributed by atoms with Crippen molar-refractivity contribution in [1.29, 1.82) is 0 Å². The molecule has 10 nitrogen and oxygen atoms in total. The summed E-state index contributed by atoms with van der Waals surface area (Å²) in [5, 5.41) is 22.7. The van der Waals surface area contributed by atoms with Gasteiger partial charge in [0, 0.05) is 18.2 Å². The number of furan rings is 1. The molecule has 31 heavy (non-hydrogen) atoms. The van der Waals surface area contributed by atoms with Crippen LogP contribution in [0.5, 0.6) is 0 Å². The third kappa shape index (κ3) is 5.14. The number of nitrogens with one attached hydrogen (secondary N) is 1. The smallest absolute Gasteiger partial charge is 0.543 e. The third-order valence-electron chi connectivity index (χ3n) is 4.60. The Labute approximate surface area is 208 Å². The number of carbonyl (C=O) groups is 4. The van der Waals surface area contributed by atoms with Crippen molar-refractivity contribution in [3.63, 3.8) is 0 Å². The number of esters is 1. The minimum atomic E-state index is -1.62. The van der Waals surface area contributed by atoms with Crippen molar-refractivity contribution in [3.8, 4) is 0 Å². The van der Waals surface area contributed by atoms with Crippen LogP contribution in [0.3, 0.4) is 0 Å². The van der Waals surface area contributed by atoms with Gasteiger partial charge in [-0.3, -0.25) is 19.3 Å². The van der Waals surface area contributed by atoms with E-state index >= 15 is 0 Å². The first-order valence-electron chi connectivity index (χ1n) is 8.73. The van der Waals surface area contributed by atoms with E-state index < -0.39 is 45.4 Å². The standard InChI is InChI=1S/C18H18N2O8S2.Na/c1-9(21)28-7-10-8-30-17-18(6-13(23)29,16(26)20(17)14(10)15(24)25)19-12(22)5-11-3-2-4-27-11;/h2-4,17H,5-8H2,1H3,(H,19,22)(H,23,29)(H,24,25);/q;+1/p-1/t17-,18+;/m1./s1. The number of β-lactam (4-membered cyclic amide) rings is 1. The van der Waals surface area contributed by atoms with Crippen LogP contribution in [0, 0.1) is 0 Å². The Morgan fingerprint density at radius 1 is 1.48 bits per heavy atom. The summed E-state index contributed by atoms with van der Waals surface area (Å²) in [5.74, 6) is -3.06. The summed E-state index contributed by atoms with van der Waals surface area (Å²) in [6, 6.07) is 3.20. The Hall–Kier alpha value is -1.86. The molecule has 0 radical (unpaired) electrons. The molecular weight excluding hydrogens is 459 g/mol. The molecule has 160 valence electrons. The monoisotopic (exact) mass is 476 g/mol. The van der Waals surface area contributed by atoms with Crippen LogP contribution < -0.4 is 40.0 Å². The fraction of sp³-hybridized carbons (Fsp3) is 0.389. The summed E-state index contributed by atoms with van der Waals surface area (Å²) in [6.45, 7) is 0.868.